The normalized spacial score (nSPS) is 10.3. The number of carbonyl (C=O) groups is 2. The quantitative estimate of drug-likeness (QED) is 0.639. The van der Waals surface area contributed by atoms with Gasteiger partial charge in [-0.05, 0) is 68.3 Å². The molecule has 0 fully saturated rings. The molecule has 0 aliphatic carbocycles. The summed E-state index contributed by atoms with van der Waals surface area (Å²) in [6.45, 7) is 5.82. The van der Waals surface area contributed by atoms with Crippen molar-refractivity contribution in [3.8, 4) is 11.5 Å². The first-order valence-corrected chi connectivity index (χ1v) is 9.41. The molecule has 0 atom stereocenters. The fourth-order valence-corrected chi connectivity index (χ4v) is 3.12. The maximum Gasteiger partial charge on any atom is 0.251 e. The highest BCUT2D eigenvalue weighted by Gasteiger charge is 2.11. The first-order chi connectivity index (χ1) is 13.9. The molecule has 3 aromatic rings. The Labute approximate surface area is 170 Å². The summed E-state index contributed by atoms with van der Waals surface area (Å²) in [7, 11) is 0. The SMILES string of the molecule is Cc1cc(C)c(NC(=O)CNC(=O)c2ccc(Oc3ccccc3)cc2)c(C)c1. The minimum Gasteiger partial charge on any atom is -0.457 e. The molecule has 0 aromatic heterocycles. The minimum atomic E-state index is -0.316. The van der Waals surface area contributed by atoms with E-state index >= 15 is 0 Å². The van der Waals surface area contributed by atoms with Gasteiger partial charge in [-0.3, -0.25) is 9.59 Å². The lowest BCUT2D eigenvalue weighted by Crippen LogP contribution is -2.33. The number of ether oxygens (including phenoxy) is 1. The van der Waals surface area contributed by atoms with Crippen molar-refractivity contribution in [3.05, 3.63) is 89.0 Å². The van der Waals surface area contributed by atoms with Gasteiger partial charge < -0.3 is 15.4 Å². The fraction of sp³-hybridized carbons (Fsp3) is 0.167. The Morgan fingerprint density at radius 3 is 2.03 bits per heavy atom. The number of carbonyl (C=O) groups excluding carboxylic acids is 2. The zero-order chi connectivity index (χ0) is 20.8. The van der Waals surface area contributed by atoms with E-state index in [1.807, 2.05) is 63.2 Å². The molecular formula is C24H24N2O3. The molecule has 0 saturated heterocycles. The highest BCUT2D eigenvalue weighted by Crippen LogP contribution is 2.22. The van der Waals surface area contributed by atoms with Crippen molar-refractivity contribution in [2.24, 2.45) is 0 Å². The first kappa shape index (κ1) is 20.1. The number of anilines is 1. The van der Waals surface area contributed by atoms with Crippen LogP contribution in [0.3, 0.4) is 0 Å². The molecule has 5 nitrogen and oxygen atoms in total. The Morgan fingerprint density at radius 1 is 0.828 bits per heavy atom. The van der Waals surface area contributed by atoms with Crippen molar-refractivity contribution in [2.75, 3.05) is 11.9 Å². The van der Waals surface area contributed by atoms with E-state index in [9.17, 15) is 9.59 Å². The average molecular weight is 388 g/mol. The fourth-order valence-electron chi connectivity index (χ4n) is 3.12. The van der Waals surface area contributed by atoms with Gasteiger partial charge in [0.1, 0.15) is 11.5 Å². The lowest BCUT2D eigenvalue weighted by atomic mass is 10.1. The van der Waals surface area contributed by atoms with E-state index in [1.165, 1.54) is 0 Å². The van der Waals surface area contributed by atoms with Gasteiger partial charge in [0.25, 0.3) is 5.91 Å². The lowest BCUT2D eigenvalue weighted by molar-refractivity contribution is -0.115. The van der Waals surface area contributed by atoms with Crippen LogP contribution >= 0.6 is 0 Å². The van der Waals surface area contributed by atoms with Crippen molar-refractivity contribution in [1.82, 2.24) is 5.32 Å². The summed E-state index contributed by atoms with van der Waals surface area (Å²) >= 11 is 0. The van der Waals surface area contributed by atoms with Crippen LogP contribution in [0.25, 0.3) is 0 Å². The second-order valence-electron chi connectivity index (χ2n) is 6.94. The smallest absolute Gasteiger partial charge is 0.251 e. The van der Waals surface area contributed by atoms with Crippen LogP contribution in [0.2, 0.25) is 0 Å². The van der Waals surface area contributed by atoms with Crippen molar-refractivity contribution >= 4 is 17.5 Å². The molecule has 0 heterocycles. The van der Waals surface area contributed by atoms with Crippen LogP contribution < -0.4 is 15.4 Å². The standard InChI is InChI=1S/C24H24N2O3/c1-16-13-17(2)23(18(3)14-16)26-22(27)15-25-24(28)19-9-11-21(12-10-19)29-20-7-5-4-6-8-20/h4-14H,15H2,1-3H3,(H,25,28)(H,26,27). The van der Waals surface area contributed by atoms with Crippen molar-refractivity contribution < 1.29 is 14.3 Å². The third kappa shape index (κ3) is 5.45. The molecule has 0 unspecified atom stereocenters. The van der Waals surface area contributed by atoms with E-state index in [0.29, 0.717) is 11.3 Å². The Morgan fingerprint density at radius 2 is 1.41 bits per heavy atom. The third-order valence-corrected chi connectivity index (χ3v) is 4.45. The zero-order valence-corrected chi connectivity index (χ0v) is 16.8. The summed E-state index contributed by atoms with van der Waals surface area (Å²) in [6, 6.07) is 20.2. The van der Waals surface area contributed by atoms with Crippen LogP contribution in [0.1, 0.15) is 27.0 Å². The number of hydrogen-bond acceptors (Lipinski definition) is 3. The van der Waals surface area contributed by atoms with Crippen LogP contribution in [0.15, 0.2) is 66.7 Å². The van der Waals surface area contributed by atoms with E-state index in [2.05, 4.69) is 10.6 Å². The number of amides is 2. The van der Waals surface area contributed by atoms with Gasteiger partial charge in [-0.2, -0.15) is 0 Å². The Bertz CT molecular complexity index is 989. The molecule has 0 radical (unpaired) electrons. The summed E-state index contributed by atoms with van der Waals surface area (Å²) in [5, 5.41) is 5.52. The van der Waals surface area contributed by atoms with Gasteiger partial charge in [-0.25, -0.2) is 0 Å². The molecule has 0 saturated carbocycles. The molecule has 0 aliphatic heterocycles. The van der Waals surface area contributed by atoms with E-state index in [4.69, 9.17) is 4.74 Å². The molecule has 0 spiro atoms. The maximum absolute atomic E-state index is 12.3. The molecule has 5 heteroatoms. The topological polar surface area (TPSA) is 67.4 Å². The van der Waals surface area contributed by atoms with Gasteiger partial charge in [0, 0.05) is 11.3 Å². The van der Waals surface area contributed by atoms with E-state index in [1.54, 1.807) is 24.3 Å². The predicted molar refractivity (Wildman–Crippen MR) is 115 cm³/mol. The predicted octanol–water partition coefficient (Wildman–Crippen LogP) is 4.77. The lowest BCUT2D eigenvalue weighted by Gasteiger charge is -2.13. The van der Waals surface area contributed by atoms with Gasteiger partial charge in [0.2, 0.25) is 5.91 Å². The number of rotatable bonds is 6. The second-order valence-corrected chi connectivity index (χ2v) is 6.94. The number of para-hydroxylation sites is 1. The Kier molecular flexibility index (Phi) is 6.29. The summed E-state index contributed by atoms with van der Waals surface area (Å²) in [6.07, 6.45) is 0. The van der Waals surface area contributed by atoms with Crippen molar-refractivity contribution in [2.45, 2.75) is 20.8 Å². The molecular weight excluding hydrogens is 364 g/mol. The number of aryl methyl sites for hydroxylation is 3. The Balaban J connectivity index is 1.54. The van der Waals surface area contributed by atoms with E-state index < -0.39 is 0 Å². The first-order valence-electron chi connectivity index (χ1n) is 9.41. The van der Waals surface area contributed by atoms with Gasteiger partial charge >= 0.3 is 0 Å². The largest absolute Gasteiger partial charge is 0.457 e. The summed E-state index contributed by atoms with van der Waals surface area (Å²) < 4.78 is 5.71. The zero-order valence-electron chi connectivity index (χ0n) is 16.8. The van der Waals surface area contributed by atoms with Gasteiger partial charge in [0.15, 0.2) is 0 Å². The van der Waals surface area contributed by atoms with Gasteiger partial charge in [-0.15, -0.1) is 0 Å². The van der Waals surface area contributed by atoms with E-state index in [0.717, 1.165) is 28.1 Å². The number of benzene rings is 3. The molecule has 148 valence electrons. The van der Waals surface area contributed by atoms with Crippen molar-refractivity contribution in [1.29, 1.82) is 0 Å². The van der Waals surface area contributed by atoms with E-state index in [-0.39, 0.29) is 18.4 Å². The Hall–Kier alpha value is -3.60. The summed E-state index contributed by atoms with van der Waals surface area (Å²) in [5.74, 6) is 0.778. The second kappa shape index (κ2) is 9.06. The third-order valence-electron chi connectivity index (χ3n) is 4.45. The molecule has 2 amide bonds. The number of nitrogens with one attached hydrogen (secondary N) is 2. The average Bonchev–Trinajstić information content (AvgIpc) is 2.70. The molecule has 3 aromatic carbocycles. The summed E-state index contributed by atoms with van der Waals surface area (Å²) in [5.41, 5.74) is 4.39. The maximum atomic E-state index is 12.3. The highest BCUT2D eigenvalue weighted by molar-refractivity contribution is 5.99. The summed E-state index contributed by atoms with van der Waals surface area (Å²) in [4.78, 5) is 24.6. The van der Waals surface area contributed by atoms with Crippen LogP contribution in [-0.4, -0.2) is 18.4 Å². The molecule has 2 N–H and O–H groups in total. The van der Waals surface area contributed by atoms with Crippen LogP contribution in [0.4, 0.5) is 5.69 Å². The highest BCUT2D eigenvalue weighted by atomic mass is 16.5. The molecule has 0 bridgehead atoms. The van der Waals surface area contributed by atoms with Crippen molar-refractivity contribution in [3.63, 3.8) is 0 Å². The molecule has 0 aliphatic rings. The van der Waals surface area contributed by atoms with Crippen LogP contribution in [-0.2, 0) is 4.79 Å². The van der Waals surface area contributed by atoms with Gasteiger partial charge in [-0.1, -0.05) is 35.9 Å². The van der Waals surface area contributed by atoms with Crippen LogP contribution in [0.5, 0.6) is 11.5 Å². The molecule has 29 heavy (non-hydrogen) atoms. The minimum absolute atomic E-state index is 0.103. The van der Waals surface area contributed by atoms with Gasteiger partial charge in [0.05, 0.1) is 6.54 Å². The van der Waals surface area contributed by atoms with Crippen LogP contribution in [0, 0.1) is 20.8 Å². The molecule has 3 rings (SSSR count). The number of hydrogen-bond donors (Lipinski definition) is 2. The monoisotopic (exact) mass is 388 g/mol.